The first-order valence-electron chi connectivity index (χ1n) is 11.7. The van der Waals surface area contributed by atoms with Gasteiger partial charge in [0, 0.05) is 30.4 Å². The van der Waals surface area contributed by atoms with Crippen LogP contribution in [-0.4, -0.2) is 58.4 Å². The van der Waals surface area contributed by atoms with Crippen molar-refractivity contribution < 1.29 is 14.3 Å². The Morgan fingerprint density at radius 1 is 1.16 bits per heavy atom. The molecule has 1 unspecified atom stereocenters. The van der Waals surface area contributed by atoms with Crippen molar-refractivity contribution in [1.29, 1.82) is 0 Å². The molecule has 2 amide bonds. The van der Waals surface area contributed by atoms with E-state index >= 15 is 0 Å². The van der Waals surface area contributed by atoms with E-state index in [4.69, 9.17) is 4.74 Å². The minimum Gasteiger partial charge on any atom is -0.370 e. The molecule has 1 aliphatic carbocycles. The number of benzene rings is 1. The molecule has 32 heavy (non-hydrogen) atoms. The van der Waals surface area contributed by atoms with E-state index in [1.165, 1.54) is 19.3 Å². The summed E-state index contributed by atoms with van der Waals surface area (Å²) in [7, 11) is 0. The van der Waals surface area contributed by atoms with Crippen LogP contribution in [-0.2, 0) is 27.4 Å². The van der Waals surface area contributed by atoms with Crippen LogP contribution < -0.4 is 0 Å². The van der Waals surface area contributed by atoms with Gasteiger partial charge < -0.3 is 14.5 Å². The van der Waals surface area contributed by atoms with Crippen molar-refractivity contribution >= 4 is 23.2 Å². The molecule has 6 nitrogen and oxygen atoms in total. The molecular weight excluding hydrogens is 422 g/mol. The van der Waals surface area contributed by atoms with Crippen LogP contribution in [0.2, 0.25) is 0 Å². The van der Waals surface area contributed by atoms with Gasteiger partial charge in [-0.15, -0.1) is 11.3 Å². The second-order valence-electron chi connectivity index (χ2n) is 8.89. The van der Waals surface area contributed by atoms with Crippen molar-refractivity contribution in [3.8, 4) is 0 Å². The molecule has 0 radical (unpaired) electrons. The second kappa shape index (κ2) is 11.1. The number of nitrogens with zero attached hydrogens (tertiary/aromatic N) is 3. The molecule has 0 bridgehead atoms. The highest BCUT2D eigenvalue weighted by Gasteiger charge is 2.34. The monoisotopic (exact) mass is 455 g/mol. The fourth-order valence-corrected chi connectivity index (χ4v) is 5.50. The minimum atomic E-state index is -0.183. The third kappa shape index (κ3) is 5.95. The quantitative estimate of drug-likeness (QED) is 0.634. The molecule has 1 aromatic heterocycles. The lowest BCUT2D eigenvalue weighted by Crippen LogP contribution is -2.46. The van der Waals surface area contributed by atoms with Crippen molar-refractivity contribution in [2.45, 2.75) is 70.6 Å². The molecule has 1 saturated heterocycles. The number of carbonyl (C=O) groups excluding carboxylic acids is 2. The number of aryl methyl sites for hydroxylation is 2. The van der Waals surface area contributed by atoms with Crippen molar-refractivity contribution in [1.82, 2.24) is 14.8 Å². The largest absolute Gasteiger partial charge is 0.370 e. The maximum atomic E-state index is 13.2. The van der Waals surface area contributed by atoms with Crippen LogP contribution in [0.3, 0.4) is 0 Å². The van der Waals surface area contributed by atoms with Crippen LogP contribution in [0.15, 0.2) is 35.8 Å². The highest BCUT2D eigenvalue weighted by Crippen LogP contribution is 2.25. The molecule has 7 heteroatoms. The summed E-state index contributed by atoms with van der Waals surface area (Å²) in [6.45, 7) is 3.64. The Labute approximate surface area is 194 Å². The standard InChI is InChI=1S/C25H33N3O3S/c1-19-23(32-18-26-19)12-13-24(29)27-14-22(31-17-20-8-4-2-5-9-20)15-28(25(30)16-27)21-10-6-3-7-11-21/h2,4-5,8-9,18,21-22H,3,6-7,10-17H2,1H3. The second-order valence-corrected chi connectivity index (χ2v) is 9.83. The lowest BCUT2D eigenvalue weighted by atomic mass is 9.94. The highest BCUT2D eigenvalue weighted by atomic mass is 32.1. The van der Waals surface area contributed by atoms with Gasteiger partial charge in [-0.05, 0) is 31.7 Å². The summed E-state index contributed by atoms with van der Waals surface area (Å²) < 4.78 is 6.27. The zero-order valence-corrected chi connectivity index (χ0v) is 19.7. The normalized spacial score (nSPS) is 20.4. The topological polar surface area (TPSA) is 62.7 Å². The Morgan fingerprint density at radius 3 is 2.66 bits per heavy atom. The number of hydrogen-bond acceptors (Lipinski definition) is 5. The molecule has 1 saturated carbocycles. The average Bonchev–Trinajstić information content (AvgIpc) is 3.15. The van der Waals surface area contributed by atoms with E-state index in [0.717, 1.165) is 29.0 Å². The van der Waals surface area contributed by atoms with Gasteiger partial charge in [0.2, 0.25) is 11.8 Å². The molecule has 4 rings (SSSR count). The molecule has 2 aliphatic rings. The average molecular weight is 456 g/mol. The van der Waals surface area contributed by atoms with E-state index < -0.39 is 0 Å². The lowest BCUT2D eigenvalue weighted by molar-refractivity contribution is -0.140. The number of hydrogen-bond donors (Lipinski definition) is 0. The van der Waals surface area contributed by atoms with Crippen LogP contribution in [0.5, 0.6) is 0 Å². The van der Waals surface area contributed by atoms with Gasteiger partial charge >= 0.3 is 0 Å². The molecule has 0 N–H and O–H groups in total. The molecular formula is C25H33N3O3S. The molecule has 1 atom stereocenters. The van der Waals surface area contributed by atoms with Crippen molar-refractivity contribution in [2.24, 2.45) is 0 Å². The molecule has 0 spiro atoms. The number of aromatic nitrogens is 1. The molecule has 1 aromatic carbocycles. The zero-order chi connectivity index (χ0) is 22.3. The minimum absolute atomic E-state index is 0.0185. The van der Waals surface area contributed by atoms with E-state index in [9.17, 15) is 9.59 Å². The number of carbonyl (C=O) groups is 2. The van der Waals surface area contributed by atoms with E-state index in [-0.39, 0.29) is 30.5 Å². The molecule has 2 fully saturated rings. The first-order chi connectivity index (χ1) is 15.6. The SMILES string of the molecule is Cc1ncsc1CCC(=O)N1CC(=O)N(C2CCCCC2)CC(OCc2ccccc2)C1. The maximum Gasteiger partial charge on any atom is 0.242 e. The first-order valence-corrected chi connectivity index (χ1v) is 12.6. The highest BCUT2D eigenvalue weighted by molar-refractivity contribution is 7.09. The summed E-state index contributed by atoms with van der Waals surface area (Å²) in [6, 6.07) is 10.3. The third-order valence-corrected chi connectivity index (χ3v) is 7.57. The summed E-state index contributed by atoms with van der Waals surface area (Å²) in [5.74, 6) is 0.0787. The summed E-state index contributed by atoms with van der Waals surface area (Å²) in [5, 5.41) is 0. The van der Waals surface area contributed by atoms with Crippen LogP contribution >= 0.6 is 11.3 Å². The Kier molecular flexibility index (Phi) is 7.92. The molecule has 2 aromatic rings. The summed E-state index contributed by atoms with van der Waals surface area (Å²) in [6.07, 6.45) is 6.56. The first kappa shape index (κ1) is 22.9. The van der Waals surface area contributed by atoms with Crippen molar-refractivity contribution in [2.75, 3.05) is 19.6 Å². The lowest BCUT2D eigenvalue weighted by Gasteiger charge is -2.34. The summed E-state index contributed by atoms with van der Waals surface area (Å²) >= 11 is 1.59. The van der Waals surface area contributed by atoms with Gasteiger partial charge in [0.05, 0.1) is 30.5 Å². The van der Waals surface area contributed by atoms with Gasteiger partial charge in [0.1, 0.15) is 0 Å². The number of rotatable bonds is 7. The number of thiazole rings is 1. The Morgan fingerprint density at radius 2 is 1.94 bits per heavy atom. The number of ether oxygens (including phenoxy) is 1. The predicted molar refractivity (Wildman–Crippen MR) is 125 cm³/mol. The summed E-state index contributed by atoms with van der Waals surface area (Å²) in [4.78, 5) is 35.4. The van der Waals surface area contributed by atoms with Gasteiger partial charge in [-0.2, -0.15) is 0 Å². The van der Waals surface area contributed by atoms with E-state index in [1.54, 1.807) is 16.2 Å². The Balaban J connectivity index is 1.44. The van der Waals surface area contributed by atoms with Crippen LogP contribution in [0.1, 0.15) is 54.7 Å². The van der Waals surface area contributed by atoms with E-state index in [1.807, 2.05) is 47.7 Å². The van der Waals surface area contributed by atoms with Crippen LogP contribution in [0, 0.1) is 6.92 Å². The fraction of sp³-hybridized carbons (Fsp3) is 0.560. The third-order valence-electron chi connectivity index (χ3n) is 6.58. The van der Waals surface area contributed by atoms with Gasteiger partial charge in [-0.25, -0.2) is 4.98 Å². The van der Waals surface area contributed by atoms with E-state index in [0.29, 0.717) is 32.5 Å². The predicted octanol–water partition coefficient (Wildman–Crippen LogP) is 3.97. The van der Waals surface area contributed by atoms with Crippen LogP contribution in [0.25, 0.3) is 0 Å². The van der Waals surface area contributed by atoms with E-state index in [2.05, 4.69) is 4.98 Å². The zero-order valence-electron chi connectivity index (χ0n) is 18.9. The Bertz CT molecular complexity index is 895. The van der Waals surface area contributed by atoms with Gasteiger partial charge in [-0.3, -0.25) is 9.59 Å². The molecule has 1 aliphatic heterocycles. The molecule has 172 valence electrons. The Hall–Kier alpha value is -2.25. The van der Waals surface area contributed by atoms with Gasteiger partial charge in [0.15, 0.2) is 0 Å². The van der Waals surface area contributed by atoms with Gasteiger partial charge in [0.25, 0.3) is 0 Å². The van der Waals surface area contributed by atoms with Crippen molar-refractivity contribution in [3.05, 3.63) is 52.0 Å². The number of amides is 2. The van der Waals surface area contributed by atoms with Crippen molar-refractivity contribution in [3.63, 3.8) is 0 Å². The van der Waals surface area contributed by atoms with Gasteiger partial charge in [-0.1, -0.05) is 49.6 Å². The maximum absolute atomic E-state index is 13.2. The van der Waals surface area contributed by atoms with Crippen LogP contribution in [0.4, 0.5) is 0 Å². The fourth-order valence-electron chi connectivity index (χ4n) is 4.72. The molecule has 2 heterocycles. The smallest absolute Gasteiger partial charge is 0.242 e. The summed E-state index contributed by atoms with van der Waals surface area (Å²) in [5.41, 5.74) is 3.91.